The number of rotatable bonds is 3. The highest BCUT2D eigenvalue weighted by Gasteiger charge is 2.49. The Kier molecular flexibility index (Phi) is 4.51. The number of hydrogen-bond donors (Lipinski definition) is 1. The van der Waals surface area contributed by atoms with Crippen LogP contribution in [0.1, 0.15) is 26.2 Å². The van der Waals surface area contributed by atoms with Crippen molar-refractivity contribution in [2.45, 2.75) is 26.2 Å². The average Bonchev–Trinajstić information content (AvgIpc) is 2.90. The molecule has 1 spiro atoms. The van der Waals surface area contributed by atoms with Gasteiger partial charge in [-0.1, -0.05) is 0 Å². The molecular weight excluding hydrogens is 308 g/mol. The van der Waals surface area contributed by atoms with Crippen LogP contribution in [0.25, 0.3) is 0 Å². The highest BCUT2D eigenvalue weighted by molar-refractivity contribution is 6.00. The third-order valence-corrected chi connectivity index (χ3v) is 4.89. The Morgan fingerprint density at radius 2 is 2.17 bits per heavy atom. The van der Waals surface area contributed by atoms with E-state index in [1.165, 1.54) is 6.92 Å². The number of likely N-dealkylation sites (tertiary alicyclic amines) is 1. The Labute approximate surface area is 141 Å². The van der Waals surface area contributed by atoms with Crippen molar-refractivity contribution >= 4 is 23.4 Å². The van der Waals surface area contributed by atoms with E-state index in [0.717, 1.165) is 24.9 Å². The van der Waals surface area contributed by atoms with Crippen molar-refractivity contribution in [1.29, 1.82) is 0 Å². The molecule has 0 aromatic carbocycles. The lowest BCUT2D eigenvalue weighted by atomic mass is 9.78. The van der Waals surface area contributed by atoms with E-state index in [1.54, 1.807) is 22.2 Å². The Bertz CT molecular complexity index is 648. The first-order valence-electron chi connectivity index (χ1n) is 8.26. The first kappa shape index (κ1) is 16.4. The number of pyridine rings is 1. The molecule has 1 atom stereocenters. The van der Waals surface area contributed by atoms with E-state index in [9.17, 15) is 14.4 Å². The summed E-state index contributed by atoms with van der Waals surface area (Å²) in [6.45, 7) is 3.10. The van der Waals surface area contributed by atoms with Crippen molar-refractivity contribution in [3.05, 3.63) is 24.5 Å². The molecule has 1 aromatic heterocycles. The second-order valence-corrected chi connectivity index (χ2v) is 6.53. The molecule has 0 bridgehead atoms. The number of carbonyl (C=O) groups is 3. The molecule has 128 valence electrons. The molecule has 2 aliphatic rings. The molecule has 2 saturated heterocycles. The van der Waals surface area contributed by atoms with Crippen LogP contribution in [-0.2, 0) is 14.4 Å². The summed E-state index contributed by atoms with van der Waals surface area (Å²) in [6, 6.07) is 3.70. The normalized spacial score (nSPS) is 23.6. The van der Waals surface area contributed by atoms with E-state index in [0.29, 0.717) is 19.6 Å². The molecular formula is C17H22N4O3. The summed E-state index contributed by atoms with van der Waals surface area (Å²) < 4.78 is 0. The van der Waals surface area contributed by atoms with Crippen molar-refractivity contribution in [2.24, 2.45) is 5.41 Å². The molecule has 1 aromatic rings. The zero-order valence-electron chi connectivity index (χ0n) is 13.8. The van der Waals surface area contributed by atoms with Crippen LogP contribution in [0.15, 0.2) is 24.5 Å². The quantitative estimate of drug-likeness (QED) is 0.878. The van der Waals surface area contributed by atoms with Crippen LogP contribution < -0.4 is 10.2 Å². The first-order chi connectivity index (χ1) is 11.5. The maximum atomic E-state index is 13.0. The summed E-state index contributed by atoms with van der Waals surface area (Å²) in [5, 5.41) is 2.53. The van der Waals surface area contributed by atoms with E-state index in [1.807, 2.05) is 12.1 Å². The predicted octanol–water partition coefficient (Wildman–Crippen LogP) is 0.563. The summed E-state index contributed by atoms with van der Waals surface area (Å²) in [6.07, 6.45) is 5.72. The molecule has 1 N–H and O–H groups in total. The van der Waals surface area contributed by atoms with Crippen molar-refractivity contribution < 1.29 is 14.4 Å². The number of nitrogens with one attached hydrogen (secondary N) is 1. The van der Waals surface area contributed by atoms with Crippen LogP contribution in [0, 0.1) is 5.41 Å². The molecule has 3 amide bonds. The van der Waals surface area contributed by atoms with Gasteiger partial charge in [0.2, 0.25) is 17.7 Å². The van der Waals surface area contributed by atoms with Gasteiger partial charge in [0.25, 0.3) is 0 Å². The lowest BCUT2D eigenvalue weighted by Crippen LogP contribution is -2.51. The van der Waals surface area contributed by atoms with Crippen LogP contribution in [0.2, 0.25) is 0 Å². The van der Waals surface area contributed by atoms with Crippen LogP contribution in [-0.4, -0.2) is 53.8 Å². The molecule has 24 heavy (non-hydrogen) atoms. The second-order valence-electron chi connectivity index (χ2n) is 6.53. The fourth-order valence-electron chi connectivity index (χ4n) is 3.62. The van der Waals surface area contributed by atoms with E-state index in [-0.39, 0.29) is 24.3 Å². The molecule has 2 fully saturated rings. The van der Waals surface area contributed by atoms with Crippen LogP contribution in [0.4, 0.5) is 5.69 Å². The molecule has 7 nitrogen and oxygen atoms in total. The Morgan fingerprint density at radius 1 is 1.33 bits per heavy atom. The van der Waals surface area contributed by atoms with Crippen molar-refractivity contribution in [3.63, 3.8) is 0 Å². The number of carbonyl (C=O) groups excluding carboxylic acids is 3. The predicted molar refractivity (Wildman–Crippen MR) is 88.1 cm³/mol. The third kappa shape index (κ3) is 3.11. The fraction of sp³-hybridized carbons (Fsp3) is 0.529. The number of nitrogens with zero attached hydrogens (tertiary/aromatic N) is 3. The number of aromatic nitrogens is 1. The molecule has 0 aliphatic carbocycles. The lowest BCUT2D eigenvalue weighted by molar-refractivity contribution is -0.139. The van der Waals surface area contributed by atoms with Crippen LogP contribution >= 0.6 is 0 Å². The molecule has 3 heterocycles. The number of amides is 3. The standard InChI is InChI=1S/C17H22N4O3/c1-13(22)19-11-15(23)20-8-3-5-17(12-20)6-9-21(16(17)24)14-4-2-7-18-10-14/h2,4,7,10H,3,5-6,8-9,11-12H2,1H3,(H,19,22)/t17-/m1/s1. The van der Waals surface area contributed by atoms with Gasteiger partial charge >= 0.3 is 0 Å². The van der Waals surface area contributed by atoms with E-state index in [4.69, 9.17) is 0 Å². The molecule has 3 rings (SSSR count). The van der Waals surface area contributed by atoms with Gasteiger partial charge in [0.1, 0.15) is 0 Å². The maximum Gasteiger partial charge on any atom is 0.241 e. The molecule has 0 saturated carbocycles. The number of anilines is 1. The monoisotopic (exact) mass is 330 g/mol. The number of hydrogen-bond acceptors (Lipinski definition) is 4. The first-order valence-corrected chi connectivity index (χ1v) is 8.26. The largest absolute Gasteiger partial charge is 0.347 e. The third-order valence-electron chi connectivity index (χ3n) is 4.89. The van der Waals surface area contributed by atoms with Gasteiger partial charge in [0.15, 0.2) is 0 Å². The van der Waals surface area contributed by atoms with Gasteiger partial charge in [0.05, 0.1) is 23.8 Å². The molecule has 2 aliphatic heterocycles. The van der Waals surface area contributed by atoms with Gasteiger partial charge in [-0.2, -0.15) is 0 Å². The van der Waals surface area contributed by atoms with Gasteiger partial charge in [-0.05, 0) is 31.4 Å². The summed E-state index contributed by atoms with van der Waals surface area (Å²) in [5.74, 6) is -0.279. The van der Waals surface area contributed by atoms with E-state index >= 15 is 0 Å². The summed E-state index contributed by atoms with van der Waals surface area (Å²) in [7, 11) is 0. The topological polar surface area (TPSA) is 82.6 Å². The minimum absolute atomic E-state index is 0.00801. The highest BCUT2D eigenvalue weighted by atomic mass is 16.2. The van der Waals surface area contributed by atoms with E-state index in [2.05, 4.69) is 10.3 Å². The summed E-state index contributed by atoms with van der Waals surface area (Å²) in [4.78, 5) is 43.8. The van der Waals surface area contributed by atoms with Gasteiger partial charge in [-0.3, -0.25) is 19.4 Å². The zero-order chi connectivity index (χ0) is 17.2. The lowest BCUT2D eigenvalue weighted by Gasteiger charge is -2.39. The van der Waals surface area contributed by atoms with Crippen LogP contribution in [0.5, 0.6) is 0 Å². The Hall–Kier alpha value is -2.44. The molecule has 0 unspecified atom stereocenters. The smallest absolute Gasteiger partial charge is 0.241 e. The van der Waals surface area contributed by atoms with Gasteiger partial charge in [-0.25, -0.2) is 0 Å². The highest BCUT2D eigenvalue weighted by Crippen LogP contribution is 2.41. The second kappa shape index (κ2) is 6.59. The van der Waals surface area contributed by atoms with E-state index < -0.39 is 5.41 Å². The average molecular weight is 330 g/mol. The maximum absolute atomic E-state index is 13.0. The Balaban J connectivity index is 1.70. The SMILES string of the molecule is CC(=O)NCC(=O)N1CCC[C@@]2(CCN(c3cccnc3)C2=O)C1. The van der Waals surface area contributed by atoms with Gasteiger partial charge in [0, 0.05) is 32.8 Å². The summed E-state index contributed by atoms with van der Waals surface area (Å²) in [5.41, 5.74) is 0.307. The Morgan fingerprint density at radius 3 is 2.88 bits per heavy atom. The van der Waals surface area contributed by atoms with Crippen LogP contribution in [0.3, 0.4) is 0 Å². The van der Waals surface area contributed by atoms with Crippen molar-refractivity contribution in [1.82, 2.24) is 15.2 Å². The fourth-order valence-corrected chi connectivity index (χ4v) is 3.62. The minimum Gasteiger partial charge on any atom is -0.347 e. The van der Waals surface area contributed by atoms with Gasteiger partial charge < -0.3 is 15.1 Å². The summed E-state index contributed by atoms with van der Waals surface area (Å²) >= 11 is 0. The molecule has 0 radical (unpaired) electrons. The van der Waals surface area contributed by atoms with Gasteiger partial charge in [-0.15, -0.1) is 0 Å². The molecule has 7 heteroatoms. The number of piperidine rings is 1. The zero-order valence-corrected chi connectivity index (χ0v) is 13.8. The van der Waals surface area contributed by atoms with Crippen molar-refractivity contribution in [3.8, 4) is 0 Å². The van der Waals surface area contributed by atoms with Crippen molar-refractivity contribution in [2.75, 3.05) is 31.1 Å². The minimum atomic E-state index is -0.500.